The first-order valence-electron chi connectivity index (χ1n) is 7.15. The van der Waals surface area contributed by atoms with Gasteiger partial charge in [0.25, 0.3) is 0 Å². The van der Waals surface area contributed by atoms with Gasteiger partial charge in [0.1, 0.15) is 0 Å². The minimum Gasteiger partial charge on any atom is -0.379 e. The highest BCUT2D eigenvalue weighted by Crippen LogP contribution is 2.21. The molecule has 0 aliphatic carbocycles. The van der Waals surface area contributed by atoms with Crippen molar-refractivity contribution in [1.29, 1.82) is 0 Å². The molecule has 2 heteroatoms. The van der Waals surface area contributed by atoms with E-state index in [-0.39, 0.29) is 6.04 Å². The lowest BCUT2D eigenvalue weighted by atomic mass is 10.00. The molecule has 1 unspecified atom stereocenters. The Hall–Kier alpha value is -1.47. The molecule has 2 rings (SSSR count). The average molecular weight is 288 g/mol. The third kappa shape index (κ3) is 4.28. The molecule has 0 fully saturated rings. The lowest BCUT2D eigenvalue weighted by molar-refractivity contribution is 0.647. The van der Waals surface area contributed by atoms with E-state index in [0.717, 1.165) is 17.1 Å². The minimum absolute atomic E-state index is 0.282. The van der Waals surface area contributed by atoms with Gasteiger partial charge in [0.15, 0.2) is 0 Å². The monoisotopic (exact) mass is 287 g/mol. The van der Waals surface area contributed by atoms with Crippen molar-refractivity contribution >= 4 is 17.3 Å². The number of hydrogen-bond acceptors (Lipinski definition) is 1. The zero-order valence-electron chi connectivity index (χ0n) is 12.4. The largest absolute Gasteiger partial charge is 0.379 e. The second-order valence-corrected chi connectivity index (χ2v) is 6.15. The maximum absolute atomic E-state index is 5.90. The smallest absolute Gasteiger partial charge is 0.0485 e. The Balaban J connectivity index is 2.01. The number of nitrogens with one attached hydrogen (secondary N) is 1. The van der Waals surface area contributed by atoms with Crippen LogP contribution >= 0.6 is 11.6 Å². The van der Waals surface area contributed by atoms with Gasteiger partial charge in [0.2, 0.25) is 0 Å². The van der Waals surface area contributed by atoms with Crippen LogP contribution in [0.1, 0.15) is 37.9 Å². The third-order valence-corrected chi connectivity index (χ3v) is 3.60. The van der Waals surface area contributed by atoms with E-state index in [1.165, 1.54) is 11.1 Å². The van der Waals surface area contributed by atoms with Crippen molar-refractivity contribution in [1.82, 2.24) is 0 Å². The number of anilines is 1. The maximum atomic E-state index is 5.90. The molecule has 1 N–H and O–H groups in total. The Morgan fingerprint density at radius 1 is 0.900 bits per heavy atom. The standard InChI is InChI=1S/C18H22ClN/c1-13(2)12-15-4-6-16(7-5-15)14(3)20-18-10-8-17(19)9-11-18/h4-11,13-14,20H,12H2,1-3H3. The molecule has 20 heavy (non-hydrogen) atoms. The predicted molar refractivity (Wildman–Crippen MR) is 88.5 cm³/mol. The molecule has 0 amide bonds. The van der Waals surface area contributed by atoms with E-state index < -0.39 is 0 Å². The molecule has 1 atom stereocenters. The fourth-order valence-electron chi connectivity index (χ4n) is 2.29. The molecule has 0 aliphatic rings. The summed E-state index contributed by atoms with van der Waals surface area (Å²) in [5.41, 5.74) is 3.79. The molecule has 1 nitrogen and oxygen atoms in total. The molecule has 2 aromatic carbocycles. The average Bonchev–Trinajstić information content (AvgIpc) is 2.41. The van der Waals surface area contributed by atoms with Crippen LogP contribution in [0.25, 0.3) is 0 Å². The molecule has 106 valence electrons. The quantitative estimate of drug-likeness (QED) is 0.742. The summed E-state index contributed by atoms with van der Waals surface area (Å²) in [6.07, 6.45) is 1.14. The number of hydrogen-bond donors (Lipinski definition) is 1. The number of halogens is 1. The van der Waals surface area contributed by atoms with E-state index in [1.807, 2.05) is 24.3 Å². The Bertz CT molecular complexity index is 528. The van der Waals surface area contributed by atoms with Crippen molar-refractivity contribution in [2.75, 3.05) is 5.32 Å². The van der Waals surface area contributed by atoms with Crippen LogP contribution in [-0.4, -0.2) is 0 Å². The zero-order valence-corrected chi connectivity index (χ0v) is 13.1. The molecular formula is C18H22ClN. The van der Waals surface area contributed by atoms with Crippen molar-refractivity contribution in [3.8, 4) is 0 Å². The third-order valence-electron chi connectivity index (χ3n) is 3.35. The second-order valence-electron chi connectivity index (χ2n) is 5.71. The van der Waals surface area contributed by atoms with Gasteiger partial charge in [0.05, 0.1) is 0 Å². The molecule has 0 bridgehead atoms. The van der Waals surface area contributed by atoms with Crippen LogP contribution in [0.4, 0.5) is 5.69 Å². The first-order valence-corrected chi connectivity index (χ1v) is 7.53. The van der Waals surface area contributed by atoms with Gasteiger partial charge in [-0.05, 0) is 54.7 Å². The van der Waals surface area contributed by atoms with Crippen molar-refractivity contribution in [2.45, 2.75) is 33.2 Å². The molecule has 0 spiro atoms. The van der Waals surface area contributed by atoms with Crippen LogP contribution in [-0.2, 0) is 6.42 Å². The molecule has 0 heterocycles. The van der Waals surface area contributed by atoms with Gasteiger partial charge >= 0.3 is 0 Å². The number of rotatable bonds is 5. The lowest BCUT2D eigenvalue weighted by Gasteiger charge is -2.16. The van der Waals surface area contributed by atoms with Gasteiger partial charge in [-0.2, -0.15) is 0 Å². The van der Waals surface area contributed by atoms with E-state index in [2.05, 4.69) is 50.4 Å². The van der Waals surface area contributed by atoms with Crippen LogP contribution in [0.15, 0.2) is 48.5 Å². The van der Waals surface area contributed by atoms with Crippen LogP contribution in [0.3, 0.4) is 0 Å². The Morgan fingerprint density at radius 3 is 2.05 bits per heavy atom. The SMILES string of the molecule is CC(C)Cc1ccc(C(C)Nc2ccc(Cl)cc2)cc1. The summed E-state index contributed by atoms with van der Waals surface area (Å²) < 4.78 is 0. The zero-order chi connectivity index (χ0) is 14.5. The van der Waals surface area contributed by atoms with Crippen LogP contribution in [0.2, 0.25) is 5.02 Å². The van der Waals surface area contributed by atoms with Crippen LogP contribution in [0.5, 0.6) is 0 Å². The van der Waals surface area contributed by atoms with Gasteiger partial charge in [0, 0.05) is 16.8 Å². The van der Waals surface area contributed by atoms with E-state index in [4.69, 9.17) is 11.6 Å². The van der Waals surface area contributed by atoms with Crippen molar-refractivity contribution in [3.63, 3.8) is 0 Å². The Labute approximate surface area is 127 Å². The molecule has 2 aromatic rings. The van der Waals surface area contributed by atoms with Gasteiger partial charge in [-0.15, -0.1) is 0 Å². The van der Waals surface area contributed by atoms with Crippen LogP contribution < -0.4 is 5.32 Å². The fraction of sp³-hybridized carbons (Fsp3) is 0.333. The van der Waals surface area contributed by atoms with E-state index in [0.29, 0.717) is 5.92 Å². The molecule has 0 radical (unpaired) electrons. The minimum atomic E-state index is 0.282. The summed E-state index contributed by atoms with van der Waals surface area (Å²) in [7, 11) is 0. The highest BCUT2D eigenvalue weighted by Gasteiger charge is 2.06. The van der Waals surface area contributed by atoms with Crippen molar-refractivity contribution in [2.24, 2.45) is 5.92 Å². The van der Waals surface area contributed by atoms with E-state index >= 15 is 0 Å². The molecule has 0 aromatic heterocycles. The summed E-state index contributed by atoms with van der Waals surface area (Å²) in [6.45, 7) is 6.67. The highest BCUT2D eigenvalue weighted by atomic mass is 35.5. The summed E-state index contributed by atoms with van der Waals surface area (Å²) >= 11 is 5.90. The van der Waals surface area contributed by atoms with Crippen LogP contribution in [0, 0.1) is 5.92 Å². The molecular weight excluding hydrogens is 266 g/mol. The highest BCUT2D eigenvalue weighted by molar-refractivity contribution is 6.30. The summed E-state index contributed by atoms with van der Waals surface area (Å²) in [5, 5.41) is 4.25. The Kier molecular flexibility index (Phi) is 5.08. The molecule has 0 saturated carbocycles. The first-order chi connectivity index (χ1) is 9.54. The van der Waals surface area contributed by atoms with Gasteiger partial charge < -0.3 is 5.32 Å². The molecule has 0 aliphatic heterocycles. The summed E-state index contributed by atoms with van der Waals surface area (Å²) in [5.74, 6) is 0.700. The van der Waals surface area contributed by atoms with Gasteiger partial charge in [-0.25, -0.2) is 0 Å². The topological polar surface area (TPSA) is 12.0 Å². The molecule has 0 saturated heterocycles. The van der Waals surface area contributed by atoms with E-state index in [1.54, 1.807) is 0 Å². The maximum Gasteiger partial charge on any atom is 0.0485 e. The lowest BCUT2D eigenvalue weighted by Crippen LogP contribution is -2.06. The van der Waals surface area contributed by atoms with Gasteiger partial charge in [-0.1, -0.05) is 49.7 Å². The normalized spacial score (nSPS) is 12.4. The number of benzene rings is 2. The second kappa shape index (κ2) is 6.81. The van der Waals surface area contributed by atoms with E-state index in [9.17, 15) is 0 Å². The Morgan fingerprint density at radius 2 is 1.50 bits per heavy atom. The van der Waals surface area contributed by atoms with Crippen molar-refractivity contribution in [3.05, 3.63) is 64.7 Å². The predicted octanol–water partition coefficient (Wildman–Crippen LogP) is 5.71. The summed E-state index contributed by atoms with van der Waals surface area (Å²) in [6, 6.07) is 17.0. The van der Waals surface area contributed by atoms with Crippen molar-refractivity contribution < 1.29 is 0 Å². The fourth-order valence-corrected chi connectivity index (χ4v) is 2.42. The van der Waals surface area contributed by atoms with Gasteiger partial charge in [-0.3, -0.25) is 0 Å². The summed E-state index contributed by atoms with van der Waals surface area (Å²) in [4.78, 5) is 0. The first kappa shape index (κ1) is 14.9.